The van der Waals surface area contributed by atoms with Crippen molar-refractivity contribution in [3.63, 3.8) is 0 Å². The van der Waals surface area contributed by atoms with Crippen LogP contribution in [-0.2, 0) is 24.3 Å². The Labute approximate surface area is 116 Å². The summed E-state index contributed by atoms with van der Waals surface area (Å²) in [6, 6.07) is 7.96. The van der Waals surface area contributed by atoms with Crippen molar-refractivity contribution in [2.75, 3.05) is 0 Å². The Hall–Kier alpha value is -1.12. The molecule has 0 aliphatic heterocycles. The maximum absolute atomic E-state index is 11.7. The van der Waals surface area contributed by atoms with Gasteiger partial charge in [-0.05, 0) is 18.2 Å². The van der Waals surface area contributed by atoms with Gasteiger partial charge in [-0.3, -0.25) is 4.79 Å². The molecule has 2 nitrogen and oxygen atoms in total. The molecule has 3 rings (SSSR count). The molecule has 2 aromatic rings. The number of nitrogens with zero attached hydrogens (tertiary/aromatic N) is 1. The summed E-state index contributed by atoms with van der Waals surface area (Å²) in [6.45, 7) is 0. The summed E-state index contributed by atoms with van der Waals surface area (Å²) in [7, 11) is 0. The van der Waals surface area contributed by atoms with Crippen LogP contribution in [0.3, 0.4) is 0 Å². The van der Waals surface area contributed by atoms with Crippen molar-refractivity contribution in [2.24, 2.45) is 0 Å². The summed E-state index contributed by atoms with van der Waals surface area (Å²) in [4.78, 5) is 16.2. The van der Waals surface area contributed by atoms with E-state index in [4.69, 9.17) is 0 Å². The van der Waals surface area contributed by atoms with Crippen LogP contribution in [0.25, 0.3) is 10.2 Å². The van der Waals surface area contributed by atoms with Gasteiger partial charge in [-0.1, -0.05) is 30.4 Å². The van der Waals surface area contributed by atoms with Gasteiger partial charge in [0.25, 0.3) is 0 Å². The van der Waals surface area contributed by atoms with Crippen LogP contribution in [0.1, 0.15) is 10.9 Å². The van der Waals surface area contributed by atoms with Gasteiger partial charge in [-0.15, -0.1) is 11.3 Å². The average molecular weight is 293 g/mol. The third-order valence-electron chi connectivity index (χ3n) is 2.56. The van der Waals surface area contributed by atoms with E-state index in [1.807, 2.05) is 36.4 Å². The Kier molecular flexibility index (Phi) is 3.65. The number of benzene rings is 1. The van der Waals surface area contributed by atoms with Crippen molar-refractivity contribution in [3.05, 3.63) is 53.6 Å². The number of carbonyl (C=O) groups is 1. The van der Waals surface area contributed by atoms with E-state index in [9.17, 15) is 4.79 Å². The summed E-state index contributed by atoms with van der Waals surface area (Å²) >= 11 is 1.59. The summed E-state index contributed by atoms with van der Waals surface area (Å²) in [5, 5.41) is 0.881. The Balaban J connectivity index is 0.00000108. The van der Waals surface area contributed by atoms with Crippen molar-refractivity contribution in [1.29, 1.82) is 0 Å². The molecule has 1 atom stereocenters. The molecule has 1 unspecified atom stereocenters. The van der Waals surface area contributed by atoms with Gasteiger partial charge in [0.1, 0.15) is 5.01 Å². The number of carbonyl (C=O) groups excluding carboxylic acids is 1. The van der Waals surface area contributed by atoms with E-state index in [1.165, 1.54) is 0 Å². The van der Waals surface area contributed by atoms with Crippen LogP contribution in [0.4, 0.5) is 0 Å². The van der Waals surface area contributed by atoms with E-state index >= 15 is 0 Å². The molecule has 0 spiro atoms. The molecule has 1 aromatic heterocycles. The minimum Gasteiger partial charge on any atom is -0.294 e. The van der Waals surface area contributed by atoms with E-state index < -0.39 is 0 Å². The van der Waals surface area contributed by atoms with Crippen LogP contribution in [-0.4, -0.2) is 10.8 Å². The molecule has 0 bridgehead atoms. The zero-order valence-corrected chi connectivity index (χ0v) is 13.0. The molecule has 80 valence electrons. The summed E-state index contributed by atoms with van der Waals surface area (Å²) in [5.41, 5.74) is 0.971. The van der Waals surface area contributed by atoms with E-state index in [1.54, 1.807) is 23.5 Å². The largest absolute Gasteiger partial charge is 0.294 e. The predicted octanol–water partition coefficient (Wildman–Crippen LogP) is 3.07. The normalized spacial score (nSPS) is 18.4. The van der Waals surface area contributed by atoms with Gasteiger partial charge in [0, 0.05) is 19.5 Å². The van der Waals surface area contributed by atoms with Crippen LogP contribution in [0.2, 0.25) is 0 Å². The molecule has 0 amide bonds. The molecule has 1 aliphatic rings. The summed E-state index contributed by atoms with van der Waals surface area (Å²) in [6.07, 6.45) is 7.18. The van der Waals surface area contributed by atoms with E-state index in [-0.39, 0.29) is 31.2 Å². The molecule has 0 saturated carbocycles. The van der Waals surface area contributed by atoms with Gasteiger partial charge >= 0.3 is 0 Å². The van der Waals surface area contributed by atoms with Crippen molar-refractivity contribution in [3.8, 4) is 0 Å². The first-order valence-electron chi connectivity index (χ1n) is 5.09. The average Bonchev–Trinajstić information content (AvgIpc) is 2.73. The smallest absolute Gasteiger partial charge is 0.169 e. The fourth-order valence-corrected chi connectivity index (χ4v) is 2.81. The fraction of sp³-hybridized carbons (Fsp3) is 0.0769. The van der Waals surface area contributed by atoms with Gasteiger partial charge in [-0.2, -0.15) is 0 Å². The molecule has 1 aromatic carbocycles. The van der Waals surface area contributed by atoms with Crippen molar-refractivity contribution in [2.45, 2.75) is 5.92 Å². The molecule has 1 heterocycles. The third-order valence-corrected chi connectivity index (χ3v) is 3.68. The Morgan fingerprint density at radius 1 is 1.18 bits per heavy atom. The Bertz CT molecular complexity index is 582. The number of fused-ring (bicyclic) bond motifs is 1. The standard InChI is InChI=1S/C13H9NOS.Zn/c15-11-7-3-1-5-9(11)13-14-10-6-2-4-8-12(10)16-13;/h1-9H;. The maximum Gasteiger partial charge on any atom is 0.169 e. The maximum atomic E-state index is 11.7. The second-order valence-corrected chi connectivity index (χ2v) is 4.71. The zero-order valence-electron chi connectivity index (χ0n) is 9.17. The van der Waals surface area contributed by atoms with E-state index in [2.05, 4.69) is 4.98 Å². The molecule has 17 heavy (non-hydrogen) atoms. The first-order valence-corrected chi connectivity index (χ1v) is 5.90. The Morgan fingerprint density at radius 3 is 2.76 bits per heavy atom. The number of aromatic nitrogens is 1. The van der Waals surface area contributed by atoms with Crippen molar-refractivity contribution >= 4 is 27.3 Å². The third kappa shape index (κ3) is 2.28. The number of allylic oxidation sites excluding steroid dienone is 4. The van der Waals surface area contributed by atoms with Gasteiger partial charge < -0.3 is 0 Å². The van der Waals surface area contributed by atoms with Crippen LogP contribution in [0, 0.1) is 0 Å². The minimum atomic E-state index is -0.192. The summed E-state index contributed by atoms with van der Waals surface area (Å²) < 4.78 is 1.13. The number of para-hydroxylation sites is 1. The first-order chi connectivity index (χ1) is 7.84. The predicted molar refractivity (Wildman–Crippen MR) is 65.6 cm³/mol. The molecule has 4 heteroatoms. The second-order valence-electron chi connectivity index (χ2n) is 3.64. The van der Waals surface area contributed by atoms with Gasteiger partial charge in [0.05, 0.1) is 16.1 Å². The first kappa shape index (κ1) is 12.3. The molecule has 0 radical (unpaired) electrons. The van der Waals surface area contributed by atoms with Crippen molar-refractivity contribution < 1.29 is 24.3 Å². The number of rotatable bonds is 1. The minimum absolute atomic E-state index is 0. The number of ketones is 1. The van der Waals surface area contributed by atoms with Crippen molar-refractivity contribution in [1.82, 2.24) is 4.98 Å². The molecule has 0 fully saturated rings. The van der Waals surface area contributed by atoms with Crippen LogP contribution < -0.4 is 0 Å². The fourth-order valence-electron chi connectivity index (χ4n) is 1.75. The van der Waals surface area contributed by atoms with Gasteiger partial charge in [-0.25, -0.2) is 4.98 Å². The quantitative estimate of drug-likeness (QED) is 0.756. The molecular formula is C13H9NOSZn. The van der Waals surface area contributed by atoms with E-state index in [0.29, 0.717) is 0 Å². The second kappa shape index (κ2) is 5.03. The SMILES string of the molecule is O=C1C=CC=CC1c1nc2ccccc2s1.[Zn]. The number of thiazole rings is 1. The van der Waals surface area contributed by atoms with Crippen LogP contribution in [0.5, 0.6) is 0 Å². The number of hydrogen-bond acceptors (Lipinski definition) is 3. The van der Waals surface area contributed by atoms with E-state index in [0.717, 1.165) is 15.2 Å². The summed E-state index contributed by atoms with van der Waals surface area (Å²) in [5.74, 6) is -0.0797. The zero-order chi connectivity index (χ0) is 11.0. The Morgan fingerprint density at radius 2 is 2.00 bits per heavy atom. The molecule has 0 saturated heterocycles. The number of hydrogen-bond donors (Lipinski definition) is 0. The monoisotopic (exact) mass is 291 g/mol. The van der Waals surface area contributed by atoms with Crippen LogP contribution >= 0.6 is 11.3 Å². The molecule has 1 aliphatic carbocycles. The van der Waals surface area contributed by atoms with Gasteiger partial charge in [0.2, 0.25) is 0 Å². The van der Waals surface area contributed by atoms with Crippen LogP contribution in [0.15, 0.2) is 48.6 Å². The van der Waals surface area contributed by atoms with Gasteiger partial charge in [0.15, 0.2) is 5.78 Å². The topological polar surface area (TPSA) is 30.0 Å². The molecular weight excluding hydrogens is 284 g/mol. The molecule has 0 N–H and O–H groups in total.